The maximum absolute atomic E-state index is 12.6. The Morgan fingerprint density at radius 1 is 1.38 bits per heavy atom. The molecule has 11 heteroatoms. The van der Waals surface area contributed by atoms with Gasteiger partial charge in [-0.15, -0.1) is 0 Å². The molecule has 3 N–H and O–H groups in total. The Hall–Kier alpha value is -2.76. The number of ether oxygens (including phenoxy) is 1. The largest absolute Gasteiger partial charge is 0.483 e. The third-order valence-corrected chi connectivity index (χ3v) is 6.37. The molecule has 0 radical (unpaired) electrons. The summed E-state index contributed by atoms with van der Waals surface area (Å²) >= 11 is 0. The number of aliphatic hydroxyl groups excluding tert-OH is 1. The lowest BCUT2D eigenvalue weighted by Gasteiger charge is -2.53. The number of carboxylic acid groups (broad SMARTS) is 1. The van der Waals surface area contributed by atoms with E-state index in [9.17, 15) is 9.90 Å². The highest BCUT2D eigenvalue weighted by molar-refractivity contribution is 5.92. The van der Waals surface area contributed by atoms with Gasteiger partial charge in [0.25, 0.3) is 12.4 Å². The lowest BCUT2D eigenvalue weighted by molar-refractivity contribution is -0.206. The van der Waals surface area contributed by atoms with Crippen molar-refractivity contribution in [2.75, 3.05) is 19.7 Å². The Kier molecular flexibility index (Phi) is 7.32. The van der Waals surface area contributed by atoms with E-state index in [0.29, 0.717) is 31.8 Å². The fourth-order valence-corrected chi connectivity index (χ4v) is 4.48. The molecule has 2 aromatic rings. The predicted octanol–water partition coefficient (Wildman–Crippen LogP) is 0.722. The minimum Gasteiger partial charge on any atom is -0.483 e. The Bertz CT molecular complexity index is 919. The molecule has 2 aromatic heterocycles. The molecule has 4 heterocycles. The van der Waals surface area contributed by atoms with Crippen LogP contribution in [-0.2, 0) is 23.1 Å². The summed E-state index contributed by atoms with van der Waals surface area (Å²) in [5, 5.41) is 25.4. The molecule has 0 unspecified atom stereocenters. The molecule has 1 amide bonds. The Morgan fingerprint density at radius 3 is 2.62 bits per heavy atom. The smallest absolute Gasteiger partial charge is 0.290 e. The molecule has 0 aromatic carbocycles. The molecule has 2 aliphatic rings. The van der Waals surface area contributed by atoms with Gasteiger partial charge in [0, 0.05) is 46.4 Å². The Morgan fingerprint density at radius 2 is 2.06 bits per heavy atom. The topological polar surface area (TPSA) is 143 Å². The summed E-state index contributed by atoms with van der Waals surface area (Å²) < 4.78 is 13.2. The van der Waals surface area contributed by atoms with Crippen LogP contribution < -0.4 is 5.32 Å². The molecule has 2 aliphatic heterocycles. The molecule has 1 spiro atoms. The summed E-state index contributed by atoms with van der Waals surface area (Å²) in [4.78, 5) is 27.4. The normalized spacial score (nSPS) is 25.1. The highest BCUT2D eigenvalue weighted by Gasteiger charge is 2.53. The van der Waals surface area contributed by atoms with Gasteiger partial charge < -0.3 is 24.7 Å². The quantitative estimate of drug-likeness (QED) is 0.575. The van der Waals surface area contributed by atoms with Gasteiger partial charge in [-0.25, -0.2) is 4.98 Å². The van der Waals surface area contributed by atoms with Crippen LogP contribution in [0.25, 0.3) is 0 Å². The Balaban J connectivity index is 0.000000913. The number of hydrogen-bond donors (Lipinski definition) is 3. The van der Waals surface area contributed by atoms with Crippen molar-refractivity contribution >= 4 is 12.4 Å². The lowest BCUT2D eigenvalue weighted by atomic mass is 9.73. The maximum atomic E-state index is 12.6. The van der Waals surface area contributed by atoms with E-state index in [4.69, 9.17) is 19.1 Å². The number of piperidine rings is 1. The number of carbonyl (C=O) groups excluding carboxylic acids is 1. The van der Waals surface area contributed by atoms with E-state index in [1.165, 1.54) is 6.26 Å². The molecule has 4 rings (SSSR count). The molecule has 0 aliphatic carbocycles. The van der Waals surface area contributed by atoms with Crippen molar-refractivity contribution in [3.63, 3.8) is 0 Å². The van der Waals surface area contributed by atoms with Gasteiger partial charge in [-0.05, 0) is 32.3 Å². The van der Waals surface area contributed by atoms with Crippen molar-refractivity contribution < 1.29 is 29.0 Å². The fourth-order valence-electron chi connectivity index (χ4n) is 4.48. The Labute approximate surface area is 186 Å². The fraction of sp³-hybridized carbons (Fsp3) is 0.619. The van der Waals surface area contributed by atoms with Gasteiger partial charge in [0.1, 0.15) is 12.4 Å². The monoisotopic (exact) mass is 449 g/mol. The van der Waals surface area contributed by atoms with Crippen LogP contribution >= 0.6 is 0 Å². The minimum absolute atomic E-state index is 0.225. The molecule has 176 valence electrons. The molecular weight excluding hydrogens is 418 g/mol. The minimum atomic E-state index is -0.806. The first-order valence-corrected chi connectivity index (χ1v) is 10.6. The summed E-state index contributed by atoms with van der Waals surface area (Å²) in [5.74, 6) is 0.0965. The van der Waals surface area contributed by atoms with Gasteiger partial charge >= 0.3 is 0 Å². The first-order valence-electron chi connectivity index (χ1n) is 10.6. The van der Waals surface area contributed by atoms with E-state index in [-0.39, 0.29) is 18.1 Å². The second kappa shape index (κ2) is 9.80. The second-order valence-corrected chi connectivity index (χ2v) is 8.52. The number of aliphatic hydroxyl groups is 1. The summed E-state index contributed by atoms with van der Waals surface area (Å²) in [6.45, 7) is 6.27. The molecule has 32 heavy (non-hydrogen) atoms. The number of aromatic nitrogens is 3. The van der Waals surface area contributed by atoms with E-state index in [1.807, 2.05) is 24.7 Å². The van der Waals surface area contributed by atoms with E-state index in [0.717, 1.165) is 25.3 Å². The van der Waals surface area contributed by atoms with E-state index >= 15 is 0 Å². The third-order valence-electron chi connectivity index (χ3n) is 6.37. The van der Waals surface area contributed by atoms with Crippen molar-refractivity contribution in [2.24, 2.45) is 7.05 Å². The zero-order chi connectivity index (χ0) is 23.4. The average molecular weight is 450 g/mol. The van der Waals surface area contributed by atoms with Crippen LogP contribution in [0.4, 0.5) is 0 Å². The number of oxazole rings is 1. The lowest BCUT2D eigenvalue weighted by Crippen LogP contribution is -2.69. The van der Waals surface area contributed by atoms with Gasteiger partial charge in [-0.3, -0.25) is 19.2 Å². The highest BCUT2D eigenvalue weighted by Crippen LogP contribution is 2.40. The molecule has 2 fully saturated rings. The number of nitrogens with one attached hydrogen (secondary N) is 1. The van der Waals surface area contributed by atoms with Crippen molar-refractivity contribution in [3.8, 4) is 0 Å². The second-order valence-electron chi connectivity index (χ2n) is 8.52. The highest BCUT2D eigenvalue weighted by atomic mass is 16.5. The van der Waals surface area contributed by atoms with Crippen LogP contribution in [0.2, 0.25) is 0 Å². The van der Waals surface area contributed by atoms with E-state index < -0.39 is 17.2 Å². The van der Waals surface area contributed by atoms with Crippen molar-refractivity contribution in [1.82, 2.24) is 25.0 Å². The van der Waals surface area contributed by atoms with Gasteiger partial charge in [-0.2, -0.15) is 5.10 Å². The van der Waals surface area contributed by atoms with Crippen molar-refractivity contribution in [1.29, 1.82) is 0 Å². The number of amides is 1. The van der Waals surface area contributed by atoms with Gasteiger partial charge in [0.15, 0.2) is 11.6 Å². The average Bonchev–Trinajstić information content (AvgIpc) is 3.37. The zero-order valence-electron chi connectivity index (χ0n) is 18.7. The summed E-state index contributed by atoms with van der Waals surface area (Å²) in [6, 6.07) is 2.02. The summed E-state index contributed by atoms with van der Waals surface area (Å²) in [6.07, 6.45) is 4.30. The standard InChI is InChI=1S/C20H29N5O4.CH2O2/c1-14-22-16(13-28-14)17(26)23-19(2)7-11-29-20(18(19)27)5-9-25(10-6-20)12-15-4-8-21-24(15)3;2-1-3/h4,8,13,18,27H,5-7,9-12H2,1-3H3,(H,23,26);1H,(H,2,3)/t18-,19+;/m1./s1. The first-order chi connectivity index (χ1) is 15.2. The van der Waals surface area contributed by atoms with Crippen LogP contribution in [0.1, 0.15) is 48.3 Å². The van der Waals surface area contributed by atoms with Gasteiger partial charge in [0.2, 0.25) is 0 Å². The predicted molar refractivity (Wildman–Crippen MR) is 113 cm³/mol. The van der Waals surface area contributed by atoms with Crippen LogP contribution in [-0.4, -0.2) is 79.2 Å². The molecule has 2 atom stereocenters. The molecule has 0 saturated carbocycles. The summed E-state index contributed by atoms with van der Waals surface area (Å²) in [7, 11) is 1.94. The SMILES string of the molecule is Cc1nc(C(=O)N[C@@]2(C)CCOC3(CCN(Cc4ccnn4C)CC3)[C@@H]2O)co1.O=CO. The van der Waals surface area contributed by atoms with Gasteiger partial charge in [-0.1, -0.05) is 0 Å². The number of nitrogens with zero attached hydrogens (tertiary/aromatic N) is 4. The molecule has 2 saturated heterocycles. The molecule has 0 bridgehead atoms. The first kappa shape index (κ1) is 23.9. The maximum Gasteiger partial charge on any atom is 0.290 e. The van der Waals surface area contributed by atoms with Crippen molar-refractivity contribution in [2.45, 2.75) is 56.9 Å². The summed E-state index contributed by atoms with van der Waals surface area (Å²) in [5.41, 5.74) is -0.0522. The van der Waals surface area contributed by atoms with Crippen LogP contribution in [0.15, 0.2) is 22.9 Å². The van der Waals surface area contributed by atoms with Gasteiger partial charge in [0.05, 0.1) is 16.8 Å². The van der Waals surface area contributed by atoms with E-state index in [2.05, 4.69) is 20.3 Å². The van der Waals surface area contributed by atoms with E-state index in [1.54, 1.807) is 13.1 Å². The van der Waals surface area contributed by atoms with Crippen LogP contribution in [0.5, 0.6) is 0 Å². The van der Waals surface area contributed by atoms with Crippen molar-refractivity contribution in [3.05, 3.63) is 35.8 Å². The zero-order valence-corrected chi connectivity index (χ0v) is 18.7. The number of likely N-dealkylation sites (tertiary alicyclic amines) is 1. The number of rotatable bonds is 4. The third kappa shape index (κ3) is 5.00. The van der Waals surface area contributed by atoms with Crippen LogP contribution in [0.3, 0.4) is 0 Å². The number of aryl methyl sites for hydroxylation is 2. The molecular formula is C21H31N5O6. The number of hydrogen-bond acceptors (Lipinski definition) is 8. The van der Waals surface area contributed by atoms with Crippen LogP contribution in [0, 0.1) is 6.92 Å². The molecule has 11 nitrogen and oxygen atoms in total. The number of carbonyl (C=O) groups is 2.